The number of azo groups is 1. The standard InChI is InChI=1S/C29H37N7O6S2/c1-10-42-22-14-11-18(28(3,4)5)15-23(22)44(40,41)35-27(37)20-13-12-19(43(9,38)39)16-21(20)31-32-24-25(29(6,7)8)34-36-26(24)30-17(2)33-36/h11-16,34H,10H2,1-9H3,(H,35,37). The van der Waals surface area contributed by atoms with Crippen LogP contribution in [0.5, 0.6) is 5.75 Å². The fourth-order valence-electron chi connectivity index (χ4n) is 4.35. The number of aromatic amines is 1. The lowest BCUT2D eigenvalue weighted by Crippen LogP contribution is -2.31. The molecule has 44 heavy (non-hydrogen) atoms. The van der Waals surface area contributed by atoms with Crippen molar-refractivity contribution in [3.63, 3.8) is 0 Å². The van der Waals surface area contributed by atoms with Crippen LogP contribution in [0.25, 0.3) is 5.65 Å². The Hall–Kier alpha value is -4.11. The van der Waals surface area contributed by atoms with Gasteiger partial charge in [0, 0.05) is 11.7 Å². The number of amides is 1. The Morgan fingerprint density at radius 3 is 2.27 bits per heavy atom. The number of sulfonamides is 1. The summed E-state index contributed by atoms with van der Waals surface area (Å²) in [4.78, 5) is 17.6. The summed E-state index contributed by atoms with van der Waals surface area (Å²) in [7, 11) is -8.16. The highest BCUT2D eigenvalue weighted by Crippen LogP contribution is 2.36. The maximum Gasteiger partial charge on any atom is 0.268 e. The quantitative estimate of drug-likeness (QED) is 0.243. The number of rotatable bonds is 8. The Kier molecular flexibility index (Phi) is 8.52. The van der Waals surface area contributed by atoms with Crippen molar-refractivity contribution < 1.29 is 26.4 Å². The molecule has 0 saturated carbocycles. The number of H-pyrrole nitrogens is 1. The number of aromatic nitrogens is 4. The number of nitrogens with one attached hydrogen (secondary N) is 2. The predicted octanol–water partition coefficient (Wildman–Crippen LogP) is 5.30. The molecule has 2 heterocycles. The average molecular weight is 644 g/mol. The first-order valence-electron chi connectivity index (χ1n) is 13.8. The fourth-order valence-corrected chi connectivity index (χ4v) is 6.13. The fraction of sp³-hybridized carbons (Fsp3) is 0.414. The van der Waals surface area contributed by atoms with Gasteiger partial charge in [-0.2, -0.15) is 4.63 Å². The lowest BCUT2D eigenvalue weighted by molar-refractivity contribution is 0.0982. The molecule has 0 aliphatic rings. The molecular weight excluding hydrogens is 606 g/mol. The van der Waals surface area contributed by atoms with Gasteiger partial charge >= 0.3 is 0 Å². The number of sulfone groups is 1. The molecule has 0 spiro atoms. The molecule has 2 N–H and O–H groups in total. The van der Waals surface area contributed by atoms with Crippen LogP contribution in [0.3, 0.4) is 0 Å². The maximum atomic E-state index is 13.6. The molecule has 1 amide bonds. The van der Waals surface area contributed by atoms with Gasteiger partial charge in [-0.05, 0) is 55.2 Å². The Bertz CT molecular complexity index is 2000. The Morgan fingerprint density at radius 1 is 1.00 bits per heavy atom. The average Bonchev–Trinajstić information content (AvgIpc) is 3.42. The lowest BCUT2D eigenvalue weighted by atomic mass is 9.87. The number of benzene rings is 2. The number of fused-ring (bicyclic) bond motifs is 1. The van der Waals surface area contributed by atoms with Crippen molar-refractivity contribution in [2.24, 2.45) is 10.2 Å². The van der Waals surface area contributed by atoms with Gasteiger partial charge in [-0.1, -0.05) is 47.6 Å². The van der Waals surface area contributed by atoms with Crippen molar-refractivity contribution in [3.8, 4) is 5.75 Å². The van der Waals surface area contributed by atoms with Crippen LogP contribution in [-0.2, 0) is 30.7 Å². The number of hydrogen-bond acceptors (Lipinski definition) is 10. The second-order valence-electron chi connectivity index (χ2n) is 12.4. The van der Waals surface area contributed by atoms with Crippen molar-refractivity contribution >= 4 is 42.8 Å². The topological polar surface area (TPSA) is 177 Å². The number of carbonyl (C=O) groups excluding carboxylic acids is 1. The van der Waals surface area contributed by atoms with Gasteiger partial charge < -0.3 is 4.74 Å². The van der Waals surface area contributed by atoms with E-state index in [1.54, 1.807) is 26.0 Å². The molecule has 0 fully saturated rings. The summed E-state index contributed by atoms with van der Waals surface area (Å²) in [5.41, 5.74) is 0.886. The first-order chi connectivity index (χ1) is 20.2. The zero-order valence-corrected chi connectivity index (χ0v) is 27.8. The zero-order valence-electron chi connectivity index (χ0n) is 26.2. The molecule has 2 aromatic heterocycles. The van der Waals surface area contributed by atoms with Crippen LogP contribution in [0.1, 0.15) is 75.9 Å². The van der Waals surface area contributed by atoms with Gasteiger partial charge in [0.15, 0.2) is 15.5 Å². The normalized spacial score (nSPS) is 13.1. The van der Waals surface area contributed by atoms with Crippen LogP contribution < -0.4 is 9.46 Å². The molecule has 236 valence electrons. The highest BCUT2D eigenvalue weighted by Gasteiger charge is 2.28. The van der Waals surface area contributed by atoms with E-state index in [9.17, 15) is 21.6 Å². The second-order valence-corrected chi connectivity index (χ2v) is 16.1. The molecule has 0 radical (unpaired) electrons. The summed E-state index contributed by atoms with van der Waals surface area (Å²) in [5, 5.41) is 16.1. The van der Waals surface area contributed by atoms with Crippen molar-refractivity contribution in [1.82, 2.24) is 24.5 Å². The molecule has 0 aliphatic heterocycles. The van der Waals surface area contributed by atoms with Crippen molar-refractivity contribution in [2.75, 3.05) is 12.9 Å². The Balaban J connectivity index is 1.82. The molecule has 0 atom stereocenters. The second kappa shape index (κ2) is 11.4. The number of ether oxygens (including phenoxy) is 1. The molecule has 0 saturated heterocycles. The van der Waals surface area contributed by atoms with Gasteiger partial charge in [0.1, 0.15) is 16.5 Å². The van der Waals surface area contributed by atoms with Gasteiger partial charge in [0.2, 0.25) is 5.65 Å². The monoisotopic (exact) mass is 643 g/mol. The van der Waals surface area contributed by atoms with Crippen LogP contribution in [0.4, 0.5) is 11.4 Å². The lowest BCUT2D eigenvalue weighted by Gasteiger charge is -2.21. The zero-order chi connectivity index (χ0) is 32.8. The summed E-state index contributed by atoms with van der Waals surface area (Å²) in [5.74, 6) is -0.460. The molecular formula is C29H37N7O6S2. The van der Waals surface area contributed by atoms with Crippen molar-refractivity contribution in [2.45, 2.75) is 76.0 Å². The first-order valence-corrected chi connectivity index (χ1v) is 17.2. The summed E-state index contributed by atoms with van der Waals surface area (Å²) in [6, 6.07) is 8.37. The van der Waals surface area contributed by atoms with Gasteiger partial charge in [-0.25, -0.2) is 26.5 Å². The van der Waals surface area contributed by atoms with Gasteiger partial charge in [-0.3, -0.25) is 9.89 Å². The molecule has 2 aromatic carbocycles. The van der Waals surface area contributed by atoms with Crippen LogP contribution >= 0.6 is 0 Å². The minimum Gasteiger partial charge on any atom is -0.492 e. The smallest absolute Gasteiger partial charge is 0.268 e. The third-order valence-electron chi connectivity index (χ3n) is 6.66. The molecule has 0 unspecified atom stereocenters. The third-order valence-corrected chi connectivity index (χ3v) is 9.12. The van der Waals surface area contributed by atoms with E-state index in [0.717, 1.165) is 11.8 Å². The van der Waals surface area contributed by atoms with E-state index in [1.165, 1.54) is 28.9 Å². The van der Waals surface area contributed by atoms with Crippen molar-refractivity contribution in [1.29, 1.82) is 0 Å². The molecule has 0 aliphatic carbocycles. The molecule has 15 heteroatoms. The van der Waals surface area contributed by atoms with Crippen molar-refractivity contribution in [3.05, 3.63) is 59.0 Å². The predicted molar refractivity (Wildman–Crippen MR) is 165 cm³/mol. The van der Waals surface area contributed by atoms with Gasteiger partial charge in [0.05, 0.1) is 28.4 Å². The van der Waals surface area contributed by atoms with Gasteiger partial charge in [0.25, 0.3) is 15.9 Å². The van der Waals surface area contributed by atoms with Crippen LogP contribution in [-0.4, -0.2) is 55.4 Å². The summed E-state index contributed by atoms with van der Waals surface area (Å²) < 4.78 is 61.1. The van der Waals surface area contributed by atoms with E-state index < -0.39 is 31.2 Å². The number of carbonyl (C=O) groups is 1. The number of hydrogen-bond donors (Lipinski definition) is 2. The molecule has 4 rings (SSSR count). The highest BCUT2D eigenvalue weighted by atomic mass is 32.2. The van der Waals surface area contributed by atoms with Crippen LogP contribution in [0.15, 0.2) is 56.4 Å². The van der Waals surface area contributed by atoms with Crippen LogP contribution in [0.2, 0.25) is 0 Å². The SMILES string of the molecule is CCOc1ccc(C(C)(C)C)cc1S(=O)(=O)NC(=O)c1ccc(S(C)(=O)=O)cc1N=Nc1c(C(C)(C)C)[nH]n2nc(C)nc12. The van der Waals surface area contributed by atoms with E-state index >= 15 is 0 Å². The van der Waals surface area contributed by atoms with E-state index in [1.807, 2.05) is 41.5 Å². The molecule has 0 bridgehead atoms. The van der Waals surface area contributed by atoms with E-state index in [2.05, 4.69) is 30.1 Å². The van der Waals surface area contributed by atoms with E-state index in [4.69, 9.17) is 4.74 Å². The molecule has 13 nitrogen and oxygen atoms in total. The Morgan fingerprint density at radius 2 is 1.68 bits per heavy atom. The minimum absolute atomic E-state index is 0.0860. The van der Waals surface area contributed by atoms with Gasteiger partial charge in [-0.15, -0.1) is 15.3 Å². The first kappa shape index (κ1) is 32.8. The van der Waals surface area contributed by atoms with Crippen LogP contribution in [0, 0.1) is 6.92 Å². The highest BCUT2D eigenvalue weighted by molar-refractivity contribution is 7.90. The summed E-state index contributed by atoms with van der Waals surface area (Å²) in [6.07, 6.45) is 1.01. The summed E-state index contributed by atoms with van der Waals surface area (Å²) >= 11 is 0. The number of nitrogens with zero attached hydrogens (tertiary/aromatic N) is 5. The van der Waals surface area contributed by atoms with E-state index in [-0.39, 0.29) is 38.8 Å². The third kappa shape index (κ3) is 6.83. The Labute approximate surface area is 257 Å². The minimum atomic E-state index is -4.45. The molecule has 4 aromatic rings. The number of aryl methyl sites for hydroxylation is 1. The largest absolute Gasteiger partial charge is 0.492 e. The van der Waals surface area contributed by atoms with E-state index in [0.29, 0.717) is 22.9 Å². The summed E-state index contributed by atoms with van der Waals surface area (Å²) in [6.45, 7) is 15.3. The maximum absolute atomic E-state index is 13.6.